The standard InChI is InChI=1S/C27H42O3/c1-6-7-8-9-10-12-15-26(5,25(29)30)27(16-13-11-14-17-27)24(28)23-21(3)18-20(2)19-22(23)4/h18-19H,6-17H2,1-5H3,(H,29,30). The Kier molecular flexibility index (Phi) is 8.70. The molecule has 1 aliphatic carbocycles. The van der Waals surface area contributed by atoms with Gasteiger partial charge < -0.3 is 5.11 Å². The summed E-state index contributed by atoms with van der Waals surface area (Å²) in [6, 6.07) is 4.12. The Labute approximate surface area is 183 Å². The number of aryl methyl sites for hydroxylation is 3. The molecule has 1 aromatic rings. The third-order valence-corrected chi connectivity index (χ3v) is 7.60. The van der Waals surface area contributed by atoms with Gasteiger partial charge in [-0.1, -0.05) is 82.4 Å². The van der Waals surface area contributed by atoms with Gasteiger partial charge in [0, 0.05) is 11.0 Å². The van der Waals surface area contributed by atoms with E-state index in [-0.39, 0.29) is 5.78 Å². The van der Waals surface area contributed by atoms with Crippen LogP contribution in [0.15, 0.2) is 12.1 Å². The average Bonchev–Trinajstić information content (AvgIpc) is 2.69. The molecule has 1 fully saturated rings. The number of rotatable bonds is 11. The second-order valence-corrected chi connectivity index (χ2v) is 9.90. The molecule has 1 atom stereocenters. The lowest BCUT2D eigenvalue weighted by Gasteiger charge is -2.48. The molecule has 3 heteroatoms. The molecule has 0 spiro atoms. The van der Waals surface area contributed by atoms with Crippen LogP contribution in [0, 0.1) is 31.6 Å². The van der Waals surface area contributed by atoms with Crippen LogP contribution in [0.4, 0.5) is 0 Å². The van der Waals surface area contributed by atoms with Crippen molar-refractivity contribution in [3.05, 3.63) is 34.4 Å². The van der Waals surface area contributed by atoms with Crippen molar-refractivity contribution in [2.24, 2.45) is 10.8 Å². The van der Waals surface area contributed by atoms with E-state index in [4.69, 9.17) is 0 Å². The summed E-state index contributed by atoms with van der Waals surface area (Å²) in [6.07, 6.45) is 11.7. The maximum Gasteiger partial charge on any atom is 0.310 e. The van der Waals surface area contributed by atoms with Gasteiger partial charge in [0.05, 0.1) is 5.41 Å². The fourth-order valence-corrected chi connectivity index (χ4v) is 5.77. The first kappa shape index (κ1) is 24.6. The number of hydrogen-bond acceptors (Lipinski definition) is 2. The number of carbonyl (C=O) groups excluding carboxylic acids is 1. The maximum absolute atomic E-state index is 14.1. The van der Waals surface area contributed by atoms with E-state index in [1.807, 2.05) is 27.7 Å². The zero-order valence-corrected chi connectivity index (χ0v) is 19.9. The van der Waals surface area contributed by atoms with Crippen molar-refractivity contribution in [1.82, 2.24) is 0 Å². The monoisotopic (exact) mass is 414 g/mol. The molecule has 30 heavy (non-hydrogen) atoms. The van der Waals surface area contributed by atoms with E-state index in [1.54, 1.807) is 0 Å². The number of benzene rings is 1. The van der Waals surface area contributed by atoms with Gasteiger partial charge in [-0.05, 0) is 58.1 Å². The molecule has 1 aromatic carbocycles. The quantitative estimate of drug-likeness (QED) is 0.300. The van der Waals surface area contributed by atoms with Crippen LogP contribution in [0.3, 0.4) is 0 Å². The summed E-state index contributed by atoms with van der Waals surface area (Å²) < 4.78 is 0. The lowest BCUT2D eigenvalue weighted by Crippen LogP contribution is -2.52. The zero-order chi connectivity index (χ0) is 22.4. The van der Waals surface area contributed by atoms with Crippen molar-refractivity contribution >= 4 is 11.8 Å². The highest BCUT2D eigenvalue weighted by Gasteiger charge is 2.57. The Morgan fingerprint density at radius 1 is 0.933 bits per heavy atom. The Balaban J connectivity index is 2.39. The topological polar surface area (TPSA) is 54.4 Å². The number of hydrogen-bond donors (Lipinski definition) is 1. The van der Waals surface area contributed by atoms with Crippen LogP contribution in [0.1, 0.15) is 118 Å². The van der Waals surface area contributed by atoms with Crippen LogP contribution in [-0.2, 0) is 4.79 Å². The number of unbranched alkanes of at least 4 members (excludes halogenated alkanes) is 5. The first-order chi connectivity index (χ1) is 14.2. The number of aliphatic carboxylic acids is 1. The van der Waals surface area contributed by atoms with Gasteiger partial charge in [-0.25, -0.2) is 0 Å². The Morgan fingerprint density at radius 3 is 2.00 bits per heavy atom. The largest absolute Gasteiger partial charge is 0.481 e. The van der Waals surface area contributed by atoms with Gasteiger partial charge in [-0.15, -0.1) is 0 Å². The minimum atomic E-state index is -1.01. The summed E-state index contributed by atoms with van der Waals surface area (Å²) in [7, 11) is 0. The van der Waals surface area contributed by atoms with Crippen molar-refractivity contribution in [3.8, 4) is 0 Å². The molecule has 0 aromatic heterocycles. The molecule has 3 nitrogen and oxygen atoms in total. The van der Waals surface area contributed by atoms with E-state index in [2.05, 4.69) is 19.1 Å². The van der Waals surface area contributed by atoms with Crippen LogP contribution < -0.4 is 0 Å². The lowest BCUT2D eigenvalue weighted by molar-refractivity contribution is -0.157. The van der Waals surface area contributed by atoms with Crippen LogP contribution >= 0.6 is 0 Å². The second-order valence-electron chi connectivity index (χ2n) is 9.90. The van der Waals surface area contributed by atoms with Crippen LogP contribution in [-0.4, -0.2) is 16.9 Å². The normalized spacial score (nSPS) is 18.0. The fourth-order valence-electron chi connectivity index (χ4n) is 5.77. The molecule has 2 rings (SSSR count). The van der Waals surface area contributed by atoms with Crippen molar-refractivity contribution in [1.29, 1.82) is 0 Å². The molecule has 1 unspecified atom stereocenters. The van der Waals surface area contributed by atoms with Crippen molar-refractivity contribution < 1.29 is 14.7 Å². The van der Waals surface area contributed by atoms with Crippen LogP contribution in [0.25, 0.3) is 0 Å². The van der Waals surface area contributed by atoms with E-state index < -0.39 is 16.8 Å². The van der Waals surface area contributed by atoms with E-state index in [1.165, 1.54) is 19.3 Å². The lowest BCUT2D eigenvalue weighted by atomic mass is 9.53. The highest BCUT2D eigenvalue weighted by molar-refractivity contribution is 6.05. The Bertz CT molecular complexity index is 719. The number of carboxylic acids is 1. The predicted octanol–water partition coefficient (Wildman–Crippen LogP) is 7.59. The van der Waals surface area contributed by atoms with E-state index >= 15 is 0 Å². The minimum Gasteiger partial charge on any atom is -0.481 e. The van der Waals surface area contributed by atoms with E-state index in [0.29, 0.717) is 19.3 Å². The second kappa shape index (κ2) is 10.6. The SMILES string of the molecule is CCCCCCCCC(C)(C(=O)O)C1(C(=O)c2c(C)cc(C)cc2C)CCCCC1. The van der Waals surface area contributed by atoms with Gasteiger partial charge >= 0.3 is 5.97 Å². The molecular formula is C27H42O3. The average molecular weight is 415 g/mol. The minimum absolute atomic E-state index is 0.0769. The molecular weight excluding hydrogens is 372 g/mol. The summed E-state index contributed by atoms with van der Waals surface area (Å²) in [5, 5.41) is 10.4. The number of ketones is 1. The Morgan fingerprint density at radius 2 is 1.47 bits per heavy atom. The number of carbonyl (C=O) groups is 2. The molecule has 0 bridgehead atoms. The summed E-state index contributed by atoms with van der Waals surface area (Å²) in [5.74, 6) is -0.721. The highest BCUT2D eigenvalue weighted by atomic mass is 16.4. The Hall–Kier alpha value is -1.64. The van der Waals surface area contributed by atoms with Gasteiger partial charge in [0.15, 0.2) is 5.78 Å². The summed E-state index contributed by atoms with van der Waals surface area (Å²) in [5.41, 5.74) is 2.05. The molecule has 1 aliphatic rings. The van der Waals surface area contributed by atoms with Crippen LogP contribution in [0.5, 0.6) is 0 Å². The van der Waals surface area contributed by atoms with Gasteiger partial charge in [0.1, 0.15) is 0 Å². The summed E-state index contributed by atoms with van der Waals surface area (Å²) >= 11 is 0. The zero-order valence-electron chi connectivity index (χ0n) is 19.9. The molecule has 0 saturated heterocycles. The molecule has 0 amide bonds. The van der Waals surface area contributed by atoms with Gasteiger partial charge in [-0.3, -0.25) is 9.59 Å². The molecule has 1 N–H and O–H groups in total. The van der Waals surface area contributed by atoms with Crippen molar-refractivity contribution in [2.45, 2.75) is 112 Å². The smallest absolute Gasteiger partial charge is 0.310 e. The highest BCUT2D eigenvalue weighted by Crippen LogP contribution is 2.55. The van der Waals surface area contributed by atoms with Gasteiger partial charge in [-0.2, -0.15) is 0 Å². The number of carboxylic acid groups (broad SMARTS) is 1. The van der Waals surface area contributed by atoms with E-state index in [0.717, 1.165) is 60.8 Å². The van der Waals surface area contributed by atoms with Crippen molar-refractivity contribution in [2.75, 3.05) is 0 Å². The summed E-state index contributed by atoms with van der Waals surface area (Å²) in [4.78, 5) is 26.8. The van der Waals surface area contributed by atoms with Gasteiger partial charge in [0.2, 0.25) is 0 Å². The maximum atomic E-state index is 14.1. The van der Waals surface area contributed by atoms with E-state index in [9.17, 15) is 14.7 Å². The summed E-state index contributed by atoms with van der Waals surface area (Å²) in [6.45, 7) is 10.1. The molecule has 0 aliphatic heterocycles. The predicted molar refractivity (Wildman–Crippen MR) is 124 cm³/mol. The fraction of sp³-hybridized carbons (Fsp3) is 0.704. The third-order valence-electron chi connectivity index (χ3n) is 7.60. The molecule has 1 saturated carbocycles. The first-order valence-electron chi connectivity index (χ1n) is 12.1. The van der Waals surface area contributed by atoms with Crippen molar-refractivity contribution in [3.63, 3.8) is 0 Å². The van der Waals surface area contributed by atoms with Gasteiger partial charge in [0.25, 0.3) is 0 Å². The third kappa shape index (κ3) is 4.98. The first-order valence-corrected chi connectivity index (χ1v) is 12.1. The molecule has 0 heterocycles. The molecule has 168 valence electrons. The number of Topliss-reactive ketones (excluding diaryl/α,β-unsaturated/α-hetero) is 1. The molecule has 0 radical (unpaired) electrons. The van der Waals surface area contributed by atoms with Crippen LogP contribution in [0.2, 0.25) is 0 Å².